The molecule has 0 aliphatic rings. The molecule has 0 aliphatic carbocycles. The van der Waals surface area contributed by atoms with Crippen molar-refractivity contribution < 1.29 is 21.5 Å². The Morgan fingerprint density at radius 3 is 1.27 bits per heavy atom. The molecule has 3 heteroatoms. The first-order valence-corrected chi connectivity index (χ1v) is 11.3. The zero-order valence-corrected chi connectivity index (χ0v) is 19.8. The third-order valence-electron chi connectivity index (χ3n) is 5.45. The van der Waals surface area contributed by atoms with Gasteiger partial charge in [0.2, 0.25) is 0 Å². The highest BCUT2D eigenvalue weighted by atomic mass is 79.9. The Morgan fingerprint density at radius 1 is 0.577 bits per heavy atom. The predicted octanol–water partition coefficient (Wildman–Crippen LogP) is 4.24. The lowest BCUT2D eigenvalue weighted by Gasteiger charge is -2.28. The van der Waals surface area contributed by atoms with Gasteiger partial charge in [-0.2, -0.15) is 5.26 Å². The summed E-state index contributed by atoms with van der Waals surface area (Å²) in [5, 5.41) is 8.68. The van der Waals surface area contributed by atoms with Gasteiger partial charge in [0.05, 0.1) is 39.7 Å². The minimum Gasteiger partial charge on any atom is -1.00 e. The molecule has 0 amide bonds. The van der Waals surface area contributed by atoms with Crippen molar-refractivity contribution in [3.63, 3.8) is 0 Å². The molecule has 0 radical (unpaired) electrons. The number of unbranched alkanes of at least 4 members (excludes halogenated alkanes) is 15. The van der Waals surface area contributed by atoms with E-state index in [1.54, 1.807) is 0 Å². The van der Waals surface area contributed by atoms with Crippen molar-refractivity contribution >= 4 is 0 Å². The van der Waals surface area contributed by atoms with Gasteiger partial charge in [0.15, 0.2) is 0 Å². The Labute approximate surface area is 176 Å². The molecule has 0 unspecified atom stereocenters. The lowest BCUT2D eigenvalue weighted by Crippen LogP contribution is -3.00. The Hall–Kier alpha value is -0.0700. The van der Waals surface area contributed by atoms with Crippen LogP contribution in [0.4, 0.5) is 0 Å². The summed E-state index contributed by atoms with van der Waals surface area (Å²) in [5.74, 6) is 0. The van der Waals surface area contributed by atoms with Crippen molar-refractivity contribution in [2.24, 2.45) is 0 Å². The van der Waals surface area contributed by atoms with Crippen LogP contribution >= 0.6 is 0 Å². The van der Waals surface area contributed by atoms with Crippen molar-refractivity contribution in [3.8, 4) is 6.07 Å². The largest absolute Gasteiger partial charge is 1.00 e. The highest BCUT2D eigenvalue weighted by molar-refractivity contribution is 4.67. The fourth-order valence-electron chi connectivity index (χ4n) is 3.55. The van der Waals surface area contributed by atoms with Crippen molar-refractivity contribution in [1.82, 2.24) is 0 Å². The SMILES string of the molecule is CCCCCCCCCCCCCCCCCC[N+](C)(C)CCC#N.[Br-]. The third kappa shape index (κ3) is 22.0. The molecule has 0 aromatic rings. The highest BCUT2D eigenvalue weighted by Crippen LogP contribution is 2.14. The summed E-state index contributed by atoms with van der Waals surface area (Å²) in [6.07, 6.45) is 23.5. The summed E-state index contributed by atoms with van der Waals surface area (Å²) in [7, 11) is 4.51. The van der Waals surface area contributed by atoms with Gasteiger partial charge in [0.25, 0.3) is 0 Å². The van der Waals surface area contributed by atoms with E-state index in [1.165, 1.54) is 109 Å². The summed E-state index contributed by atoms with van der Waals surface area (Å²) in [5.41, 5.74) is 0. The van der Waals surface area contributed by atoms with Crippen molar-refractivity contribution in [2.75, 3.05) is 27.2 Å². The average Bonchev–Trinajstić information content (AvgIpc) is 2.59. The molecule has 2 nitrogen and oxygen atoms in total. The van der Waals surface area contributed by atoms with Crippen LogP contribution in [0.15, 0.2) is 0 Å². The zero-order valence-electron chi connectivity index (χ0n) is 18.2. The Bertz CT molecular complexity index is 310. The first-order chi connectivity index (χ1) is 12.1. The van der Waals surface area contributed by atoms with Crippen LogP contribution < -0.4 is 17.0 Å². The molecular formula is C23H47BrN2. The molecule has 0 aliphatic heterocycles. The second-order valence-corrected chi connectivity index (χ2v) is 8.59. The van der Waals surface area contributed by atoms with E-state index in [9.17, 15) is 0 Å². The van der Waals surface area contributed by atoms with Gasteiger partial charge in [-0.05, 0) is 12.8 Å². The number of rotatable bonds is 19. The normalized spacial score (nSPS) is 11.2. The monoisotopic (exact) mass is 430 g/mol. The van der Waals surface area contributed by atoms with Gasteiger partial charge in [-0.25, -0.2) is 0 Å². The molecule has 0 saturated carbocycles. The van der Waals surface area contributed by atoms with E-state index in [0.717, 1.165) is 11.0 Å². The summed E-state index contributed by atoms with van der Waals surface area (Å²) < 4.78 is 1.01. The highest BCUT2D eigenvalue weighted by Gasteiger charge is 2.13. The van der Waals surface area contributed by atoms with Gasteiger partial charge >= 0.3 is 0 Å². The van der Waals surface area contributed by atoms with E-state index < -0.39 is 0 Å². The number of hydrogen-bond acceptors (Lipinski definition) is 1. The number of nitrogens with zero attached hydrogens (tertiary/aromatic N) is 2. The van der Waals surface area contributed by atoms with Crippen LogP contribution in [-0.4, -0.2) is 31.7 Å². The van der Waals surface area contributed by atoms with Crippen LogP contribution in [0, 0.1) is 11.3 Å². The topological polar surface area (TPSA) is 23.8 Å². The van der Waals surface area contributed by atoms with Crippen LogP contribution in [0.1, 0.15) is 116 Å². The summed E-state index contributed by atoms with van der Waals surface area (Å²) in [6, 6.07) is 2.26. The quantitative estimate of drug-likeness (QED) is 0.222. The van der Waals surface area contributed by atoms with Crippen molar-refractivity contribution in [1.29, 1.82) is 5.26 Å². The third-order valence-corrected chi connectivity index (χ3v) is 5.45. The first-order valence-electron chi connectivity index (χ1n) is 11.3. The van der Waals surface area contributed by atoms with Crippen LogP contribution in [0.3, 0.4) is 0 Å². The lowest BCUT2D eigenvalue weighted by atomic mass is 10.0. The Morgan fingerprint density at radius 2 is 0.923 bits per heavy atom. The minimum atomic E-state index is 0. The number of hydrogen-bond donors (Lipinski definition) is 0. The molecule has 0 aromatic carbocycles. The smallest absolute Gasteiger partial charge is 0.0914 e. The second kappa shape index (κ2) is 21.2. The summed E-state index contributed by atoms with van der Waals surface area (Å²) in [4.78, 5) is 0. The number of quaternary nitrogens is 1. The fourth-order valence-corrected chi connectivity index (χ4v) is 3.55. The molecule has 0 bridgehead atoms. The standard InChI is InChI=1S/C23H47N2.BrH/c1-4-5-6-7-8-9-10-11-12-13-14-15-16-17-18-19-22-25(2,3)23-20-21-24;/h4-20,22-23H2,1-3H3;1H/q+1;/p-1. The van der Waals surface area contributed by atoms with Crippen molar-refractivity contribution in [2.45, 2.75) is 116 Å². The molecule has 0 fully saturated rings. The van der Waals surface area contributed by atoms with Crippen LogP contribution in [0.25, 0.3) is 0 Å². The molecule has 0 atom stereocenters. The summed E-state index contributed by atoms with van der Waals surface area (Å²) >= 11 is 0. The zero-order chi connectivity index (χ0) is 18.6. The van der Waals surface area contributed by atoms with Crippen molar-refractivity contribution in [3.05, 3.63) is 0 Å². The van der Waals surface area contributed by atoms with E-state index in [1.807, 2.05) is 0 Å². The van der Waals surface area contributed by atoms with Gasteiger partial charge in [-0.3, -0.25) is 0 Å². The molecule has 26 heavy (non-hydrogen) atoms. The van der Waals surface area contributed by atoms with Crippen LogP contribution in [0.2, 0.25) is 0 Å². The molecule has 0 spiro atoms. The van der Waals surface area contributed by atoms with Gasteiger partial charge in [0, 0.05) is 0 Å². The van der Waals surface area contributed by atoms with Gasteiger partial charge in [-0.1, -0.05) is 96.8 Å². The second-order valence-electron chi connectivity index (χ2n) is 8.59. The van der Waals surface area contributed by atoms with E-state index in [0.29, 0.717) is 6.42 Å². The molecule has 0 N–H and O–H groups in total. The number of halogens is 1. The Balaban J connectivity index is 0. The van der Waals surface area contributed by atoms with Gasteiger partial charge in [-0.15, -0.1) is 0 Å². The lowest BCUT2D eigenvalue weighted by molar-refractivity contribution is -0.890. The van der Waals surface area contributed by atoms with E-state index in [4.69, 9.17) is 5.26 Å². The molecule has 0 aromatic heterocycles. The summed E-state index contributed by atoms with van der Waals surface area (Å²) in [6.45, 7) is 4.51. The van der Waals surface area contributed by atoms with Crippen LogP contribution in [-0.2, 0) is 0 Å². The molecule has 0 heterocycles. The van der Waals surface area contributed by atoms with Gasteiger partial charge in [0.1, 0.15) is 0 Å². The first kappa shape index (κ1) is 28.1. The Kier molecular flexibility index (Phi) is 23.0. The molecular weight excluding hydrogens is 384 g/mol. The number of nitriles is 1. The van der Waals surface area contributed by atoms with Crippen LogP contribution in [0.5, 0.6) is 0 Å². The maximum absolute atomic E-state index is 8.68. The predicted molar refractivity (Wildman–Crippen MR) is 112 cm³/mol. The molecule has 0 rings (SSSR count). The maximum atomic E-state index is 8.68. The van der Waals surface area contributed by atoms with E-state index >= 15 is 0 Å². The van der Waals surface area contributed by atoms with Gasteiger partial charge < -0.3 is 21.5 Å². The molecule has 0 saturated heterocycles. The fraction of sp³-hybridized carbons (Fsp3) is 0.957. The molecule has 156 valence electrons. The van der Waals surface area contributed by atoms with E-state index in [-0.39, 0.29) is 17.0 Å². The minimum absolute atomic E-state index is 0. The average molecular weight is 432 g/mol. The maximum Gasteiger partial charge on any atom is 0.0914 e. The van der Waals surface area contributed by atoms with E-state index in [2.05, 4.69) is 27.1 Å².